The van der Waals surface area contributed by atoms with Gasteiger partial charge >= 0.3 is 17.9 Å². The summed E-state index contributed by atoms with van der Waals surface area (Å²) < 4.78 is 16.9. The van der Waals surface area contributed by atoms with Crippen LogP contribution in [0.2, 0.25) is 0 Å². The molecule has 0 aromatic rings. The summed E-state index contributed by atoms with van der Waals surface area (Å²) in [5, 5.41) is 0. The molecule has 6 heteroatoms. The molecule has 0 aliphatic heterocycles. The third kappa shape index (κ3) is 55.6. The van der Waals surface area contributed by atoms with E-state index in [2.05, 4.69) is 93.7 Å². The molecule has 0 aliphatic carbocycles. The first-order valence-corrected chi connectivity index (χ1v) is 29.4. The van der Waals surface area contributed by atoms with Crippen molar-refractivity contribution in [2.75, 3.05) is 13.2 Å². The smallest absolute Gasteiger partial charge is 0.306 e. The number of hydrogen-bond acceptors (Lipinski definition) is 6. The summed E-state index contributed by atoms with van der Waals surface area (Å²) in [6.45, 7) is 6.58. The molecule has 1 unspecified atom stereocenters. The van der Waals surface area contributed by atoms with Crippen LogP contribution in [0.5, 0.6) is 0 Å². The van der Waals surface area contributed by atoms with Gasteiger partial charge in [0.2, 0.25) is 0 Å². The van der Waals surface area contributed by atoms with E-state index < -0.39 is 6.10 Å². The zero-order valence-electron chi connectivity index (χ0n) is 45.6. The molecular weight excluding hydrogens is 853 g/mol. The highest BCUT2D eigenvalue weighted by molar-refractivity contribution is 5.71. The van der Waals surface area contributed by atoms with Gasteiger partial charge in [-0.3, -0.25) is 14.4 Å². The van der Waals surface area contributed by atoms with Crippen molar-refractivity contribution in [3.05, 3.63) is 72.9 Å². The Bertz CT molecular complexity index is 1290. The van der Waals surface area contributed by atoms with Gasteiger partial charge in [0.1, 0.15) is 13.2 Å². The summed E-state index contributed by atoms with van der Waals surface area (Å²) in [7, 11) is 0. The number of rotatable bonds is 53. The molecule has 0 saturated carbocycles. The van der Waals surface area contributed by atoms with Crippen molar-refractivity contribution < 1.29 is 28.6 Å². The van der Waals surface area contributed by atoms with Crippen molar-refractivity contribution in [2.45, 2.75) is 297 Å². The van der Waals surface area contributed by atoms with E-state index in [1.54, 1.807) is 0 Å². The van der Waals surface area contributed by atoms with Crippen molar-refractivity contribution in [2.24, 2.45) is 0 Å². The maximum absolute atomic E-state index is 12.9. The maximum Gasteiger partial charge on any atom is 0.306 e. The lowest BCUT2D eigenvalue weighted by Crippen LogP contribution is -2.30. The lowest BCUT2D eigenvalue weighted by atomic mass is 10.1. The van der Waals surface area contributed by atoms with E-state index >= 15 is 0 Å². The number of allylic oxidation sites excluding steroid dienone is 12. The topological polar surface area (TPSA) is 78.9 Å². The zero-order chi connectivity index (χ0) is 50.0. The lowest BCUT2D eigenvalue weighted by Gasteiger charge is -2.18. The van der Waals surface area contributed by atoms with Gasteiger partial charge in [0.05, 0.1) is 0 Å². The Labute approximate surface area is 427 Å². The van der Waals surface area contributed by atoms with Crippen molar-refractivity contribution in [1.29, 1.82) is 0 Å². The Kier molecular flexibility index (Phi) is 54.8. The summed E-state index contributed by atoms with van der Waals surface area (Å²) in [4.78, 5) is 38.2. The molecule has 0 heterocycles. The largest absolute Gasteiger partial charge is 0.462 e. The molecule has 0 amide bonds. The highest BCUT2D eigenvalue weighted by Crippen LogP contribution is 2.15. The van der Waals surface area contributed by atoms with Crippen molar-refractivity contribution in [3.8, 4) is 0 Å². The molecule has 0 spiro atoms. The second-order valence-corrected chi connectivity index (χ2v) is 19.5. The van der Waals surface area contributed by atoms with Gasteiger partial charge < -0.3 is 14.2 Å². The maximum atomic E-state index is 12.9. The first kappa shape index (κ1) is 65.8. The van der Waals surface area contributed by atoms with Gasteiger partial charge in [0.15, 0.2) is 6.10 Å². The van der Waals surface area contributed by atoms with E-state index in [0.29, 0.717) is 19.3 Å². The average molecular weight is 964 g/mol. The van der Waals surface area contributed by atoms with Crippen LogP contribution in [0.25, 0.3) is 0 Å². The summed E-state index contributed by atoms with van der Waals surface area (Å²) >= 11 is 0. The van der Waals surface area contributed by atoms with Crippen LogP contribution in [0.1, 0.15) is 290 Å². The van der Waals surface area contributed by atoms with E-state index in [4.69, 9.17) is 14.2 Å². The third-order valence-electron chi connectivity index (χ3n) is 12.7. The quantitative estimate of drug-likeness (QED) is 0.0262. The summed E-state index contributed by atoms with van der Waals surface area (Å²) in [6, 6.07) is 0. The van der Waals surface area contributed by atoms with Crippen molar-refractivity contribution >= 4 is 17.9 Å². The molecule has 0 saturated heterocycles. The highest BCUT2D eigenvalue weighted by atomic mass is 16.6. The molecule has 6 nitrogen and oxygen atoms in total. The molecule has 69 heavy (non-hydrogen) atoms. The number of ether oxygens (including phenoxy) is 3. The van der Waals surface area contributed by atoms with Crippen LogP contribution in [0.15, 0.2) is 72.9 Å². The van der Waals surface area contributed by atoms with E-state index in [0.717, 1.165) is 96.3 Å². The highest BCUT2D eigenvalue weighted by Gasteiger charge is 2.19. The number of esters is 3. The first-order chi connectivity index (χ1) is 34.0. The van der Waals surface area contributed by atoms with E-state index in [1.807, 2.05) is 0 Å². The monoisotopic (exact) mass is 963 g/mol. The number of unbranched alkanes of at least 4 members (excludes halogenated alkanes) is 30. The predicted molar refractivity (Wildman–Crippen MR) is 298 cm³/mol. The molecule has 0 aromatic heterocycles. The normalized spacial score (nSPS) is 12.6. The van der Waals surface area contributed by atoms with Gasteiger partial charge in [-0.25, -0.2) is 0 Å². The summed E-state index contributed by atoms with van der Waals surface area (Å²) in [5.41, 5.74) is 0. The average Bonchev–Trinajstić information content (AvgIpc) is 3.35. The van der Waals surface area contributed by atoms with Gasteiger partial charge in [0, 0.05) is 19.3 Å². The minimum atomic E-state index is -0.789. The van der Waals surface area contributed by atoms with Crippen LogP contribution < -0.4 is 0 Å². The zero-order valence-corrected chi connectivity index (χ0v) is 45.6. The first-order valence-electron chi connectivity index (χ1n) is 29.4. The minimum absolute atomic E-state index is 0.0868. The molecule has 0 bridgehead atoms. The van der Waals surface area contributed by atoms with Crippen LogP contribution in [-0.4, -0.2) is 37.2 Å². The van der Waals surface area contributed by atoms with E-state index in [1.165, 1.54) is 154 Å². The summed E-state index contributed by atoms with van der Waals surface area (Å²) in [6.07, 6.45) is 73.1. The number of hydrogen-bond donors (Lipinski definition) is 0. The van der Waals surface area contributed by atoms with Crippen LogP contribution in [0.4, 0.5) is 0 Å². The number of carbonyl (C=O) groups excluding carboxylic acids is 3. The third-order valence-corrected chi connectivity index (χ3v) is 12.7. The number of carbonyl (C=O) groups is 3. The van der Waals surface area contributed by atoms with Crippen molar-refractivity contribution in [3.63, 3.8) is 0 Å². The van der Waals surface area contributed by atoms with Crippen LogP contribution in [0.3, 0.4) is 0 Å². The molecule has 0 N–H and O–H groups in total. The van der Waals surface area contributed by atoms with Crippen molar-refractivity contribution in [1.82, 2.24) is 0 Å². The van der Waals surface area contributed by atoms with Gasteiger partial charge in [-0.15, -0.1) is 0 Å². The van der Waals surface area contributed by atoms with Gasteiger partial charge in [-0.05, 0) is 116 Å². The molecule has 0 aromatic carbocycles. The fourth-order valence-corrected chi connectivity index (χ4v) is 8.18. The van der Waals surface area contributed by atoms with Crippen LogP contribution in [0, 0.1) is 0 Å². The second-order valence-electron chi connectivity index (χ2n) is 19.5. The Morgan fingerprint density at radius 1 is 0.290 bits per heavy atom. The second kappa shape index (κ2) is 57.4. The Morgan fingerprint density at radius 3 is 0.870 bits per heavy atom. The predicted octanol–water partition coefficient (Wildman–Crippen LogP) is 19.8. The van der Waals surface area contributed by atoms with Gasteiger partial charge in [0.25, 0.3) is 0 Å². The Balaban J connectivity index is 4.42. The molecule has 0 rings (SSSR count). The standard InChI is InChI=1S/C63H110O6/c1-4-7-10-13-16-19-22-25-28-30-32-34-35-38-41-44-47-50-53-56-62(65)68-59-60(58-67-61(64)55-52-49-46-43-40-37-27-24-21-18-15-12-9-6-3)69-63(66)57-54-51-48-45-42-39-36-33-31-29-26-23-20-17-14-11-8-5-2/h16,19-20,23-25,27-29,31-32,34,60H,4-15,17-18,21-22,26,30,33,35-59H2,1-3H3/b19-16-,23-20-,27-24-,28-25-,31-29-,34-32-. The molecule has 398 valence electrons. The Hall–Kier alpha value is -3.15. The molecule has 0 radical (unpaired) electrons. The molecule has 0 fully saturated rings. The fraction of sp³-hybridized carbons (Fsp3) is 0.762. The molecule has 0 aliphatic rings. The fourth-order valence-electron chi connectivity index (χ4n) is 8.18. The Morgan fingerprint density at radius 2 is 0.522 bits per heavy atom. The van der Waals surface area contributed by atoms with Crippen LogP contribution >= 0.6 is 0 Å². The summed E-state index contributed by atoms with van der Waals surface area (Å²) in [5.74, 6) is -0.906. The molecular formula is C63H110O6. The van der Waals surface area contributed by atoms with E-state index in [9.17, 15) is 14.4 Å². The SMILES string of the molecule is CCCCC/C=C\C/C=C\C/C=C\CCCCCCCCC(=O)OCC(COC(=O)CCCCCCC/C=C\CCCCCCC)OC(=O)CCCCCCCCC/C=C\C/C=C\CCCCCC. The lowest BCUT2D eigenvalue weighted by molar-refractivity contribution is -0.167. The van der Waals surface area contributed by atoms with Gasteiger partial charge in [-0.1, -0.05) is 229 Å². The van der Waals surface area contributed by atoms with Gasteiger partial charge in [-0.2, -0.15) is 0 Å². The van der Waals surface area contributed by atoms with Crippen LogP contribution in [-0.2, 0) is 28.6 Å². The minimum Gasteiger partial charge on any atom is -0.462 e. The molecule has 1 atom stereocenters. The van der Waals surface area contributed by atoms with E-state index in [-0.39, 0.29) is 31.1 Å².